The molecule has 11 heavy (non-hydrogen) atoms. The zero-order valence-electron chi connectivity index (χ0n) is 5.47. The Kier molecular flexibility index (Phi) is 1.08. The number of nitrogens with two attached hydrogens (primary N) is 1. The van der Waals surface area contributed by atoms with E-state index in [1.807, 2.05) is 0 Å². The van der Waals surface area contributed by atoms with E-state index in [2.05, 4.69) is 25.8 Å². The van der Waals surface area contributed by atoms with Gasteiger partial charge in [0.25, 0.3) is 0 Å². The largest absolute Gasteiger partial charge is 0.385 e. The molecule has 7 heteroatoms. The lowest BCUT2D eigenvalue weighted by Crippen LogP contribution is -1.96. The van der Waals surface area contributed by atoms with Crippen LogP contribution in [0.3, 0.4) is 0 Å². The van der Waals surface area contributed by atoms with Crippen molar-refractivity contribution in [1.82, 2.24) is 30.6 Å². The quantitative estimate of drug-likeness (QED) is 0.542. The second kappa shape index (κ2) is 2.04. The third-order valence-electron chi connectivity index (χ3n) is 1.21. The second-order valence-corrected chi connectivity index (χ2v) is 1.96. The first-order valence-electron chi connectivity index (χ1n) is 2.92. The molecule has 0 atom stereocenters. The number of hydrogen-bond acceptors (Lipinski definition) is 5. The predicted molar refractivity (Wildman–Crippen MR) is 35.7 cm³/mol. The van der Waals surface area contributed by atoms with Crippen LogP contribution in [0.5, 0.6) is 0 Å². The summed E-state index contributed by atoms with van der Waals surface area (Å²) in [5.41, 5.74) is 6.13. The number of anilines is 1. The fourth-order valence-electron chi connectivity index (χ4n) is 0.748. The maximum atomic E-state index is 5.42. The van der Waals surface area contributed by atoms with Gasteiger partial charge in [-0.05, 0) is 20.9 Å². The van der Waals surface area contributed by atoms with Gasteiger partial charge in [-0.2, -0.15) is 0 Å². The standard InChI is InChI=1S/C4H5N7/c5-4-1-3(2-6-4)11-9-7-8-10-11/h1-2,6H,5H2. The Morgan fingerprint density at radius 3 is 2.64 bits per heavy atom. The molecule has 0 amide bonds. The van der Waals surface area contributed by atoms with E-state index in [1.165, 1.54) is 4.80 Å². The normalized spacial score (nSPS) is 10.2. The number of rotatable bonds is 1. The molecule has 7 nitrogen and oxygen atoms in total. The van der Waals surface area contributed by atoms with Gasteiger partial charge in [-0.1, -0.05) is 0 Å². The molecular weight excluding hydrogens is 146 g/mol. The highest BCUT2D eigenvalue weighted by atomic mass is 15.7. The van der Waals surface area contributed by atoms with Gasteiger partial charge in [0.1, 0.15) is 11.5 Å². The molecule has 3 N–H and O–H groups in total. The van der Waals surface area contributed by atoms with Gasteiger partial charge < -0.3 is 10.7 Å². The molecule has 2 aromatic heterocycles. The average molecular weight is 151 g/mol. The highest BCUT2D eigenvalue weighted by Crippen LogP contribution is 2.06. The first-order chi connectivity index (χ1) is 5.36. The van der Waals surface area contributed by atoms with Crippen LogP contribution in [-0.2, 0) is 0 Å². The number of aromatic amines is 1. The van der Waals surface area contributed by atoms with E-state index >= 15 is 0 Å². The molecular formula is C4H5N7. The molecule has 0 spiro atoms. The summed E-state index contributed by atoms with van der Waals surface area (Å²) in [6.07, 6.45) is 1.67. The molecule has 2 heterocycles. The van der Waals surface area contributed by atoms with Crippen LogP contribution in [0, 0.1) is 0 Å². The first kappa shape index (κ1) is 5.83. The van der Waals surface area contributed by atoms with Crippen molar-refractivity contribution in [1.29, 1.82) is 0 Å². The van der Waals surface area contributed by atoms with Crippen LogP contribution >= 0.6 is 0 Å². The Morgan fingerprint density at radius 1 is 1.36 bits per heavy atom. The maximum Gasteiger partial charge on any atom is 0.109 e. The van der Waals surface area contributed by atoms with Gasteiger partial charge in [-0.3, -0.25) is 0 Å². The number of nitrogen functional groups attached to an aromatic ring is 1. The Hall–Kier alpha value is -1.92. The van der Waals surface area contributed by atoms with Crippen LogP contribution in [-0.4, -0.2) is 30.6 Å². The highest BCUT2D eigenvalue weighted by molar-refractivity contribution is 5.41. The van der Waals surface area contributed by atoms with Crippen molar-refractivity contribution < 1.29 is 0 Å². The number of H-pyrrole nitrogens is 1. The molecule has 0 fully saturated rings. The molecule has 0 aliphatic carbocycles. The third-order valence-corrected chi connectivity index (χ3v) is 1.21. The lowest BCUT2D eigenvalue weighted by Gasteiger charge is -1.85. The van der Waals surface area contributed by atoms with Crippen LogP contribution in [0.25, 0.3) is 5.69 Å². The monoisotopic (exact) mass is 151 g/mol. The van der Waals surface area contributed by atoms with E-state index in [-0.39, 0.29) is 0 Å². The number of nitrogens with zero attached hydrogens (tertiary/aromatic N) is 5. The van der Waals surface area contributed by atoms with Crippen molar-refractivity contribution in [2.24, 2.45) is 0 Å². The summed E-state index contributed by atoms with van der Waals surface area (Å²) >= 11 is 0. The van der Waals surface area contributed by atoms with Gasteiger partial charge in [-0.15, -0.1) is 4.80 Å². The fourth-order valence-corrected chi connectivity index (χ4v) is 0.748. The Morgan fingerprint density at radius 2 is 2.09 bits per heavy atom. The van der Waals surface area contributed by atoms with Crippen molar-refractivity contribution in [3.05, 3.63) is 12.3 Å². The summed E-state index contributed by atoms with van der Waals surface area (Å²) in [5.74, 6) is 0.553. The minimum atomic E-state index is 0.553. The fraction of sp³-hybridized carbons (Fsp3) is 0. The number of nitrogens with one attached hydrogen (secondary N) is 1. The SMILES string of the molecule is Nc1cc(-n2nnnn2)c[nH]1. The van der Waals surface area contributed by atoms with Crippen LogP contribution in [0.2, 0.25) is 0 Å². The molecule has 0 unspecified atom stereocenters. The van der Waals surface area contributed by atoms with Crippen molar-refractivity contribution in [3.8, 4) is 5.69 Å². The molecule has 0 bridgehead atoms. The van der Waals surface area contributed by atoms with Crippen LogP contribution in [0.4, 0.5) is 5.82 Å². The topological polar surface area (TPSA) is 98.3 Å². The van der Waals surface area contributed by atoms with Crippen molar-refractivity contribution in [2.75, 3.05) is 5.73 Å². The average Bonchev–Trinajstić information content (AvgIpc) is 2.55. The van der Waals surface area contributed by atoms with E-state index < -0.39 is 0 Å². The molecule has 0 aliphatic rings. The summed E-state index contributed by atoms with van der Waals surface area (Å²) in [6.45, 7) is 0. The molecule has 0 saturated heterocycles. The lowest BCUT2D eigenvalue weighted by atomic mass is 10.5. The van der Waals surface area contributed by atoms with E-state index in [9.17, 15) is 0 Å². The molecule has 0 radical (unpaired) electrons. The molecule has 2 aromatic rings. The van der Waals surface area contributed by atoms with Crippen LogP contribution in [0.1, 0.15) is 0 Å². The van der Waals surface area contributed by atoms with Gasteiger partial charge in [0.05, 0.1) is 0 Å². The Balaban J connectivity index is 2.45. The maximum absolute atomic E-state index is 5.42. The molecule has 0 aromatic carbocycles. The number of aromatic nitrogens is 6. The predicted octanol–water partition coefficient (Wildman–Crippen LogP) is -1.03. The molecule has 56 valence electrons. The minimum Gasteiger partial charge on any atom is -0.385 e. The van der Waals surface area contributed by atoms with E-state index in [4.69, 9.17) is 5.73 Å². The van der Waals surface area contributed by atoms with Crippen LogP contribution < -0.4 is 5.73 Å². The second-order valence-electron chi connectivity index (χ2n) is 1.96. The van der Waals surface area contributed by atoms with E-state index in [0.29, 0.717) is 11.5 Å². The van der Waals surface area contributed by atoms with Gasteiger partial charge in [0.2, 0.25) is 0 Å². The summed E-state index contributed by atoms with van der Waals surface area (Å²) in [6, 6.07) is 1.68. The Labute approximate surface area is 61.2 Å². The first-order valence-corrected chi connectivity index (χ1v) is 2.92. The minimum absolute atomic E-state index is 0.553. The summed E-state index contributed by atoms with van der Waals surface area (Å²) in [5, 5.41) is 13.7. The number of hydrogen-bond donors (Lipinski definition) is 2. The van der Waals surface area contributed by atoms with Gasteiger partial charge in [0, 0.05) is 12.3 Å². The molecule has 0 saturated carbocycles. The zero-order valence-corrected chi connectivity index (χ0v) is 5.47. The van der Waals surface area contributed by atoms with Gasteiger partial charge >= 0.3 is 0 Å². The third kappa shape index (κ3) is 0.914. The summed E-state index contributed by atoms with van der Waals surface area (Å²) in [4.78, 5) is 4.05. The van der Waals surface area contributed by atoms with Gasteiger partial charge in [-0.25, -0.2) is 0 Å². The van der Waals surface area contributed by atoms with Crippen molar-refractivity contribution in [2.45, 2.75) is 0 Å². The lowest BCUT2D eigenvalue weighted by molar-refractivity contribution is 0.713. The van der Waals surface area contributed by atoms with E-state index in [1.54, 1.807) is 12.3 Å². The Bertz CT molecular complexity index is 333. The molecule has 2 rings (SSSR count). The smallest absolute Gasteiger partial charge is 0.109 e. The zero-order chi connectivity index (χ0) is 7.68. The van der Waals surface area contributed by atoms with Gasteiger partial charge in [0.15, 0.2) is 0 Å². The van der Waals surface area contributed by atoms with Crippen LogP contribution in [0.15, 0.2) is 12.3 Å². The molecule has 0 aliphatic heterocycles. The summed E-state index contributed by atoms with van der Waals surface area (Å²) in [7, 11) is 0. The highest BCUT2D eigenvalue weighted by Gasteiger charge is 1.99. The van der Waals surface area contributed by atoms with Crippen molar-refractivity contribution >= 4 is 5.82 Å². The van der Waals surface area contributed by atoms with E-state index in [0.717, 1.165) is 0 Å². The summed E-state index contributed by atoms with van der Waals surface area (Å²) < 4.78 is 0. The van der Waals surface area contributed by atoms with Crippen molar-refractivity contribution in [3.63, 3.8) is 0 Å².